The summed E-state index contributed by atoms with van der Waals surface area (Å²) in [7, 11) is 1.24. The number of esters is 1. The Kier molecular flexibility index (Phi) is 9.98. The molecule has 3 aliphatic rings. The maximum Gasteiger partial charge on any atom is 0.410 e. The molecule has 38 heavy (non-hydrogen) atoms. The zero-order chi connectivity index (χ0) is 28.0. The SMILES string of the molecule is CC.COC(=O)C1COCN1C(=O)c1cc(C2CC2)c(OCC2CCN(C(=O)OC(C)(C)C)CC2)cc1F. The van der Waals surface area contributed by atoms with Gasteiger partial charge in [-0.25, -0.2) is 14.0 Å². The quantitative estimate of drug-likeness (QED) is 0.485. The fraction of sp³-hybridized carbons (Fsp3) is 0.679. The lowest BCUT2D eigenvalue weighted by atomic mass is 9.98. The molecule has 3 fully saturated rings. The Morgan fingerprint density at radius 2 is 1.74 bits per heavy atom. The summed E-state index contributed by atoms with van der Waals surface area (Å²) in [5.41, 5.74) is 0.172. The predicted octanol–water partition coefficient (Wildman–Crippen LogP) is 4.73. The van der Waals surface area contributed by atoms with E-state index in [4.69, 9.17) is 18.9 Å². The Bertz CT molecular complexity index is 998. The number of nitrogens with zero attached hydrogens (tertiary/aromatic N) is 2. The minimum atomic E-state index is -0.895. The molecule has 2 amide bonds. The van der Waals surface area contributed by atoms with Crippen LogP contribution in [0.25, 0.3) is 0 Å². The van der Waals surface area contributed by atoms with Crippen LogP contribution in [0.5, 0.6) is 5.75 Å². The van der Waals surface area contributed by atoms with Gasteiger partial charge in [-0.2, -0.15) is 0 Å². The second-order valence-corrected chi connectivity index (χ2v) is 10.7. The summed E-state index contributed by atoms with van der Waals surface area (Å²) in [6.07, 6.45) is 3.11. The summed E-state index contributed by atoms with van der Waals surface area (Å²) in [6, 6.07) is 1.94. The number of rotatable bonds is 6. The van der Waals surface area contributed by atoms with E-state index in [1.54, 1.807) is 11.0 Å². The van der Waals surface area contributed by atoms with Gasteiger partial charge in [0.05, 0.1) is 25.9 Å². The Morgan fingerprint density at radius 1 is 1.08 bits per heavy atom. The van der Waals surface area contributed by atoms with Crippen LogP contribution in [0.4, 0.5) is 9.18 Å². The molecule has 0 aromatic heterocycles. The van der Waals surface area contributed by atoms with Crippen molar-refractivity contribution in [2.24, 2.45) is 5.92 Å². The van der Waals surface area contributed by atoms with Crippen molar-refractivity contribution in [3.8, 4) is 5.75 Å². The van der Waals surface area contributed by atoms with Crippen molar-refractivity contribution >= 4 is 18.0 Å². The van der Waals surface area contributed by atoms with Gasteiger partial charge in [-0.3, -0.25) is 9.69 Å². The minimum Gasteiger partial charge on any atom is -0.493 e. The Balaban J connectivity index is 0.00000195. The van der Waals surface area contributed by atoms with Crippen molar-refractivity contribution in [1.82, 2.24) is 9.80 Å². The average molecular weight is 537 g/mol. The number of hydrogen-bond acceptors (Lipinski definition) is 7. The van der Waals surface area contributed by atoms with Crippen molar-refractivity contribution in [3.05, 3.63) is 29.1 Å². The number of likely N-dealkylation sites (tertiary alicyclic amines) is 1. The summed E-state index contributed by atoms with van der Waals surface area (Å²) >= 11 is 0. The van der Waals surface area contributed by atoms with Crippen molar-refractivity contribution in [1.29, 1.82) is 0 Å². The summed E-state index contributed by atoms with van der Waals surface area (Å²) in [6.45, 7) is 11.0. The highest BCUT2D eigenvalue weighted by Crippen LogP contribution is 2.45. The Morgan fingerprint density at radius 3 is 2.32 bits per heavy atom. The summed E-state index contributed by atoms with van der Waals surface area (Å²) in [5, 5.41) is 0. The van der Waals surface area contributed by atoms with Gasteiger partial charge in [-0.15, -0.1) is 0 Å². The number of benzene rings is 1. The van der Waals surface area contributed by atoms with Crippen LogP contribution in [0.3, 0.4) is 0 Å². The molecule has 9 nitrogen and oxygen atoms in total. The maximum atomic E-state index is 15.1. The average Bonchev–Trinajstić information content (AvgIpc) is 3.62. The predicted molar refractivity (Wildman–Crippen MR) is 139 cm³/mol. The van der Waals surface area contributed by atoms with Gasteiger partial charge in [0.15, 0.2) is 6.04 Å². The number of halogens is 1. The van der Waals surface area contributed by atoms with Crippen molar-refractivity contribution < 1.29 is 37.7 Å². The molecule has 1 aromatic rings. The smallest absolute Gasteiger partial charge is 0.410 e. The standard InChI is InChI=1S/C26H35FN2O7.C2H6/c1-26(2,3)36-25(32)28-9-7-16(8-10-28)13-35-22-12-20(27)19(11-18(22)17-5-6-17)23(30)29-15-34-14-21(29)24(31)33-4;1-2/h11-12,16-17,21H,5-10,13-15H2,1-4H3;1-2H3. The normalized spacial score (nSPS) is 19.9. The van der Waals surface area contributed by atoms with Crippen molar-refractivity contribution in [3.63, 3.8) is 0 Å². The molecular formula is C28H41FN2O7. The van der Waals surface area contributed by atoms with Gasteiger partial charge in [-0.05, 0) is 69.9 Å². The van der Waals surface area contributed by atoms with Crippen LogP contribution < -0.4 is 4.74 Å². The molecule has 1 aliphatic carbocycles. The van der Waals surface area contributed by atoms with E-state index in [9.17, 15) is 14.4 Å². The number of hydrogen-bond donors (Lipinski definition) is 0. The van der Waals surface area contributed by atoms with E-state index in [1.807, 2.05) is 34.6 Å². The van der Waals surface area contributed by atoms with E-state index in [1.165, 1.54) is 18.1 Å². The van der Waals surface area contributed by atoms with Gasteiger partial charge in [-0.1, -0.05) is 13.8 Å². The van der Waals surface area contributed by atoms with Crippen LogP contribution in [0, 0.1) is 11.7 Å². The first-order valence-corrected chi connectivity index (χ1v) is 13.5. The highest BCUT2D eigenvalue weighted by molar-refractivity contribution is 5.97. The minimum absolute atomic E-state index is 0.0173. The molecule has 1 aromatic carbocycles. The first-order valence-electron chi connectivity index (χ1n) is 13.5. The number of methoxy groups -OCH3 is 1. The molecular weight excluding hydrogens is 495 g/mol. The number of ether oxygens (including phenoxy) is 4. The molecule has 1 atom stereocenters. The monoisotopic (exact) mass is 536 g/mol. The zero-order valence-corrected chi connectivity index (χ0v) is 23.4. The van der Waals surface area contributed by atoms with Crippen LogP contribution in [0.1, 0.15) is 82.1 Å². The lowest BCUT2D eigenvalue weighted by molar-refractivity contribution is -0.144. The van der Waals surface area contributed by atoms with E-state index in [-0.39, 0.29) is 36.8 Å². The summed E-state index contributed by atoms with van der Waals surface area (Å²) < 4.78 is 36.7. The third kappa shape index (κ3) is 7.36. The fourth-order valence-corrected chi connectivity index (χ4v) is 4.52. The van der Waals surface area contributed by atoms with Crippen molar-refractivity contribution in [2.75, 3.05) is 40.1 Å². The third-order valence-corrected chi connectivity index (χ3v) is 6.70. The molecule has 2 heterocycles. The van der Waals surface area contributed by atoms with Gasteiger partial charge in [0.25, 0.3) is 5.91 Å². The number of piperidine rings is 1. The van der Waals surface area contributed by atoms with Gasteiger partial charge in [0.2, 0.25) is 0 Å². The highest BCUT2D eigenvalue weighted by Gasteiger charge is 2.38. The zero-order valence-electron chi connectivity index (χ0n) is 23.4. The lowest BCUT2D eigenvalue weighted by Gasteiger charge is -2.33. The number of amides is 2. The van der Waals surface area contributed by atoms with E-state index >= 15 is 4.39 Å². The molecule has 4 rings (SSSR count). The van der Waals surface area contributed by atoms with Crippen LogP contribution >= 0.6 is 0 Å². The first kappa shape index (κ1) is 29.7. The van der Waals surface area contributed by atoms with E-state index in [2.05, 4.69) is 0 Å². The molecule has 1 saturated carbocycles. The molecule has 212 valence electrons. The second-order valence-electron chi connectivity index (χ2n) is 10.7. The Labute approximate surface area is 224 Å². The van der Waals surface area contributed by atoms with Crippen LogP contribution in [-0.4, -0.2) is 79.6 Å². The molecule has 10 heteroatoms. The van der Waals surface area contributed by atoms with Gasteiger partial charge in [0.1, 0.15) is 23.9 Å². The fourth-order valence-electron chi connectivity index (χ4n) is 4.52. The van der Waals surface area contributed by atoms with Crippen molar-refractivity contribution in [2.45, 2.75) is 77.9 Å². The molecule has 1 unspecified atom stereocenters. The second kappa shape index (κ2) is 12.8. The van der Waals surface area contributed by atoms with Gasteiger partial charge < -0.3 is 23.8 Å². The first-order chi connectivity index (χ1) is 18.1. The van der Waals surface area contributed by atoms with E-state index < -0.39 is 29.3 Å². The highest BCUT2D eigenvalue weighted by atomic mass is 19.1. The molecule has 0 radical (unpaired) electrons. The molecule has 0 bridgehead atoms. The summed E-state index contributed by atoms with van der Waals surface area (Å²) in [4.78, 5) is 40.3. The Hall–Kier alpha value is -2.88. The van der Waals surface area contributed by atoms with Crippen LogP contribution in [-0.2, 0) is 19.0 Å². The molecule has 2 saturated heterocycles. The van der Waals surface area contributed by atoms with Crippen LogP contribution in [0.15, 0.2) is 12.1 Å². The molecule has 0 spiro atoms. The third-order valence-electron chi connectivity index (χ3n) is 6.70. The van der Waals surface area contributed by atoms with E-state index in [0.29, 0.717) is 25.4 Å². The molecule has 0 N–H and O–H groups in total. The molecule has 2 aliphatic heterocycles. The maximum absolute atomic E-state index is 15.1. The number of carbonyl (C=O) groups excluding carboxylic acids is 3. The largest absolute Gasteiger partial charge is 0.493 e. The summed E-state index contributed by atoms with van der Waals surface area (Å²) in [5.74, 6) is -1.02. The van der Waals surface area contributed by atoms with Gasteiger partial charge >= 0.3 is 12.1 Å². The van der Waals surface area contributed by atoms with Crippen LogP contribution in [0.2, 0.25) is 0 Å². The number of carbonyl (C=O) groups is 3. The topological polar surface area (TPSA) is 94.6 Å². The lowest BCUT2D eigenvalue weighted by Crippen LogP contribution is -2.42. The van der Waals surface area contributed by atoms with Gasteiger partial charge in [0, 0.05) is 19.2 Å². The van der Waals surface area contributed by atoms with E-state index in [0.717, 1.165) is 31.2 Å².